The molecule has 4 N–H and O–H groups in total. The maximum Gasteiger partial charge on any atom is 0.256 e. The van der Waals surface area contributed by atoms with Crippen LogP contribution in [0, 0.1) is 0 Å². The molecule has 5 aromatic rings. The molecule has 10 nitrogen and oxygen atoms in total. The predicted molar refractivity (Wildman–Crippen MR) is 185 cm³/mol. The summed E-state index contributed by atoms with van der Waals surface area (Å²) >= 11 is 1.48. The summed E-state index contributed by atoms with van der Waals surface area (Å²) in [4.78, 5) is 28.7. The molecular weight excluding hydrogens is 642 g/mol. The first-order valence-corrected chi connectivity index (χ1v) is 17.1. The second-order valence-electron chi connectivity index (χ2n) is 11.6. The number of aliphatic hydroxyl groups excluding tert-OH is 1. The Hall–Kier alpha value is -4.78. The molecule has 0 unspecified atom stereocenters. The third-order valence-corrected chi connectivity index (χ3v) is 9.03. The number of aromatic nitrogens is 1. The number of nitrogens with zero attached hydrogens (tertiary/aromatic N) is 1. The van der Waals surface area contributed by atoms with E-state index >= 15 is 0 Å². The van der Waals surface area contributed by atoms with Gasteiger partial charge in [-0.1, -0.05) is 109 Å². The Morgan fingerprint density at radius 1 is 0.816 bits per heavy atom. The number of hydrogen-bond donors (Lipinski definition) is 4. The SMILES string of the molecule is O=C(CCCC(=O)Nc1cccc([C@@H]2O[C@H](CSc3nc(-c4ccccc4)c(-c4ccccc4)o3)C[C@H](c3ccc(CO)cc3)O2)c1)NO. The third-order valence-electron chi connectivity index (χ3n) is 8.07. The number of aliphatic hydroxyl groups is 1. The highest BCUT2D eigenvalue weighted by atomic mass is 32.2. The zero-order valence-electron chi connectivity index (χ0n) is 26.7. The minimum Gasteiger partial charge on any atom is -0.431 e. The number of carbonyl (C=O) groups excluding carboxylic acids is 2. The van der Waals surface area contributed by atoms with Gasteiger partial charge in [-0.3, -0.25) is 14.8 Å². The highest BCUT2D eigenvalue weighted by molar-refractivity contribution is 7.99. The summed E-state index contributed by atoms with van der Waals surface area (Å²) in [5, 5.41) is 21.6. The van der Waals surface area contributed by atoms with Crippen molar-refractivity contribution in [1.82, 2.24) is 10.5 Å². The molecule has 252 valence electrons. The molecule has 1 fully saturated rings. The molecule has 1 aromatic heterocycles. The molecule has 4 aromatic carbocycles. The van der Waals surface area contributed by atoms with E-state index < -0.39 is 12.2 Å². The third kappa shape index (κ3) is 9.02. The average Bonchev–Trinajstić information content (AvgIpc) is 3.59. The van der Waals surface area contributed by atoms with Crippen molar-refractivity contribution >= 4 is 29.3 Å². The van der Waals surface area contributed by atoms with E-state index in [0.29, 0.717) is 35.3 Å². The number of carbonyl (C=O) groups is 2. The summed E-state index contributed by atoms with van der Waals surface area (Å²) in [6.45, 7) is -0.0456. The Bertz CT molecular complexity index is 1780. The minimum absolute atomic E-state index is 0.0441. The van der Waals surface area contributed by atoms with E-state index in [9.17, 15) is 14.7 Å². The smallest absolute Gasteiger partial charge is 0.256 e. The van der Waals surface area contributed by atoms with Crippen molar-refractivity contribution in [3.05, 3.63) is 126 Å². The van der Waals surface area contributed by atoms with Gasteiger partial charge in [0.05, 0.1) is 18.8 Å². The zero-order chi connectivity index (χ0) is 34.0. The molecule has 1 saturated heterocycles. The van der Waals surface area contributed by atoms with Crippen LogP contribution < -0.4 is 10.8 Å². The normalized spacial score (nSPS) is 17.4. The first kappa shape index (κ1) is 34.1. The van der Waals surface area contributed by atoms with Crippen LogP contribution in [0.2, 0.25) is 0 Å². The van der Waals surface area contributed by atoms with E-state index in [1.54, 1.807) is 11.5 Å². The van der Waals surface area contributed by atoms with Crippen LogP contribution in [-0.2, 0) is 25.7 Å². The number of hydroxylamine groups is 1. The number of nitrogens with one attached hydrogen (secondary N) is 2. The van der Waals surface area contributed by atoms with Crippen molar-refractivity contribution in [2.45, 2.75) is 56.0 Å². The van der Waals surface area contributed by atoms with Crippen molar-refractivity contribution in [1.29, 1.82) is 0 Å². The van der Waals surface area contributed by atoms with Crippen LogP contribution in [0.25, 0.3) is 22.6 Å². The van der Waals surface area contributed by atoms with E-state index in [1.165, 1.54) is 11.8 Å². The lowest BCUT2D eigenvalue weighted by atomic mass is 10.0. The number of anilines is 1. The molecule has 6 rings (SSSR count). The summed E-state index contributed by atoms with van der Waals surface area (Å²) < 4.78 is 19.4. The Morgan fingerprint density at radius 3 is 2.24 bits per heavy atom. The topological polar surface area (TPSA) is 143 Å². The van der Waals surface area contributed by atoms with Gasteiger partial charge < -0.3 is 24.3 Å². The number of ether oxygens (including phenoxy) is 2. The van der Waals surface area contributed by atoms with E-state index in [0.717, 1.165) is 33.5 Å². The van der Waals surface area contributed by atoms with Crippen LogP contribution >= 0.6 is 11.8 Å². The van der Waals surface area contributed by atoms with Crippen LogP contribution in [0.15, 0.2) is 119 Å². The van der Waals surface area contributed by atoms with Gasteiger partial charge in [0.15, 0.2) is 12.1 Å². The van der Waals surface area contributed by atoms with Gasteiger partial charge in [-0.15, -0.1) is 0 Å². The molecule has 11 heteroatoms. The van der Waals surface area contributed by atoms with Crippen molar-refractivity contribution in [2.24, 2.45) is 0 Å². The molecule has 0 radical (unpaired) electrons. The number of thioether (sulfide) groups is 1. The molecule has 0 aliphatic carbocycles. The fraction of sp³-hybridized carbons (Fsp3) is 0.237. The maximum atomic E-state index is 12.5. The van der Waals surface area contributed by atoms with Gasteiger partial charge in [-0.2, -0.15) is 0 Å². The van der Waals surface area contributed by atoms with Crippen LogP contribution in [0.1, 0.15) is 54.8 Å². The van der Waals surface area contributed by atoms with Crippen LogP contribution in [0.4, 0.5) is 5.69 Å². The van der Waals surface area contributed by atoms with Gasteiger partial charge in [0, 0.05) is 47.4 Å². The standard InChI is InChI=1S/C38H37N3O7S/c42-23-25-17-19-26(20-18-25)32-22-31(46-37(47-32)29-13-7-14-30(21-29)39-33(43)15-8-16-34(44)41-45)24-49-38-40-35(27-9-3-1-4-10-27)36(48-38)28-11-5-2-6-12-28/h1-7,9-14,17-21,31-32,37,42,45H,8,15-16,22-24H2,(H,39,43)(H,41,44)/t31-,32+,37+/m0/s1. The minimum atomic E-state index is -0.726. The molecule has 49 heavy (non-hydrogen) atoms. The number of rotatable bonds is 13. The lowest BCUT2D eigenvalue weighted by molar-refractivity contribution is -0.245. The highest BCUT2D eigenvalue weighted by Gasteiger charge is 2.33. The van der Waals surface area contributed by atoms with Crippen molar-refractivity contribution < 1.29 is 33.8 Å². The summed E-state index contributed by atoms with van der Waals surface area (Å²) in [5.74, 6) is 0.467. The van der Waals surface area contributed by atoms with Gasteiger partial charge in [0.2, 0.25) is 11.8 Å². The van der Waals surface area contributed by atoms with Gasteiger partial charge in [0.1, 0.15) is 5.69 Å². The number of benzene rings is 4. The summed E-state index contributed by atoms with van der Waals surface area (Å²) in [6.07, 6.45) is -0.214. The predicted octanol–water partition coefficient (Wildman–Crippen LogP) is 7.45. The Balaban J connectivity index is 1.20. The summed E-state index contributed by atoms with van der Waals surface area (Å²) in [6, 6.07) is 34.9. The molecule has 1 aliphatic heterocycles. The summed E-state index contributed by atoms with van der Waals surface area (Å²) in [7, 11) is 0. The molecular formula is C38H37N3O7S. The van der Waals surface area contributed by atoms with E-state index in [2.05, 4.69) is 5.32 Å². The van der Waals surface area contributed by atoms with Gasteiger partial charge >= 0.3 is 0 Å². The molecule has 1 aliphatic rings. The largest absolute Gasteiger partial charge is 0.431 e. The average molecular weight is 680 g/mol. The molecule has 0 spiro atoms. The van der Waals surface area contributed by atoms with Crippen LogP contribution in [-0.4, -0.2) is 39.0 Å². The first-order valence-electron chi connectivity index (χ1n) is 16.1. The Labute approximate surface area is 288 Å². The molecule has 0 saturated carbocycles. The van der Waals surface area contributed by atoms with Gasteiger partial charge in [-0.25, -0.2) is 10.5 Å². The Kier molecular flexibility index (Phi) is 11.5. The van der Waals surface area contributed by atoms with Gasteiger partial charge in [-0.05, 0) is 29.7 Å². The fourth-order valence-corrected chi connectivity index (χ4v) is 6.42. The monoisotopic (exact) mass is 679 g/mol. The Morgan fingerprint density at radius 2 is 1.53 bits per heavy atom. The van der Waals surface area contributed by atoms with E-state index in [4.69, 9.17) is 24.1 Å². The first-order chi connectivity index (χ1) is 24.0. The molecule has 2 heterocycles. The number of hydrogen-bond acceptors (Lipinski definition) is 9. The summed E-state index contributed by atoms with van der Waals surface area (Å²) in [5.41, 5.74) is 7.34. The number of amides is 2. The lowest BCUT2D eigenvalue weighted by Crippen LogP contribution is -2.31. The molecule has 2 amide bonds. The molecule has 3 atom stereocenters. The quantitative estimate of drug-likeness (QED) is 0.0567. The van der Waals surface area contributed by atoms with Gasteiger partial charge in [0.25, 0.3) is 5.22 Å². The second kappa shape index (κ2) is 16.6. The zero-order valence-corrected chi connectivity index (χ0v) is 27.5. The van der Waals surface area contributed by atoms with E-state index in [-0.39, 0.29) is 37.6 Å². The van der Waals surface area contributed by atoms with Crippen LogP contribution in [0.3, 0.4) is 0 Å². The number of oxazole rings is 1. The van der Waals surface area contributed by atoms with Crippen molar-refractivity contribution in [2.75, 3.05) is 11.1 Å². The highest BCUT2D eigenvalue weighted by Crippen LogP contribution is 2.41. The van der Waals surface area contributed by atoms with Crippen molar-refractivity contribution in [3.8, 4) is 22.6 Å². The fourth-order valence-electron chi connectivity index (χ4n) is 5.58. The maximum absolute atomic E-state index is 12.5. The second-order valence-corrected chi connectivity index (χ2v) is 12.6. The molecule has 0 bridgehead atoms. The lowest BCUT2D eigenvalue weighted by Gasteiger charge is -2.36. The van der Waals surface area contributed by atoms with E-state index in [1.807, 2.05) is 103 Å². The van der Waals surface area contributed by atoms with Crippen molar-refractivity contribution in [3.63, 3.8) is 0 Å². The van der Waals surface area contributed by atoms with Crippen LogP contribution in [0.5, 0.6) is 0 Å².